The zero-order valence-corrected chi connectivity index (χ0v) is 41.4. The highest BCUT2D eigenvalue weighted by Gasteiger charge is 2.40. The van der Waals surface area contributed by atoms with E-state index in [4.69, 9.17) is 23.9 Å². The Bertz CT molecular complexity index is 2640. The first-order chi connectivity index (χ1) is 35.7. The Balaban J connectivity index is 0.629. The van der Waals surface area contributed by atoms with Crippen molar-refractivity contribution in [1.82, 2.24) is 41.0 Å². The molecule has 5 aromatic rings. The average Bonchev–Trinajstić information content (AvgIpc) is 4.04. The van der Waals surface area contributed by atoms with Gasteiger partial charge >= 0.3 is 0 Å². The molecule has 1 unspecified atom stereocenters. The Morgan fingerprint density at radius 2 is 1.53 bits per heavy atom. The number of nitrogens with one attached hydrogen (secondary N) is 6. The van der Waals surface area contributed by atoms with Crippen LogP contribution < -0.4 is 31.3 Å². The van der Waals surface area contributed by atoms with Gasteiger partial charge in [0.2, 0.25) is 17.7 Å². The fourth-order valence-corrected chi connectivity index (χ4v) is 9.25. The van der Waals surface area contributed by atoms with Crippen LogP contribution in [-0.4, -0.2) is 120 Å². The van der Waals surface area contributed by atoms with E-state index in [-0.39, 0.29) is 55.5 Å². The number of carbonyl (C=O) groups excluding carboxylic acids is 5. The number of ether oxygens (including phenoxy) is 4. The molecule has 6 N–H and O–H groups in total. The Labute approximate surface area is 425 Å². The Morgan fingerprint density at radius 3 is 2.29 bits per heavy atom. The molecule has 5 heterocycles. The topological polar surface area (TPSA) is 240 Å². The lowest BCUT2D eigenvalue weighted by Crippen LogP contribution is -2.52. The largest absolute Gasteiger partial charge is 0.494 e. The molecule has 386 valence electrons. The standard InChI is InChI=1S/C54H66N10O9/c1-37(57-50(67)40-9-6-10-41(35-40)61-54(22-26-56-27-23-54)53-60-49(62-63-53)39-20-24-55-25-21-39)38-14-16-42(17-15-38)73-30-5-3-2-4-28-70-31-33-72-34-32-71-29-8-13-47(65)58-45-12-7-11-43-44(45)36-64(52(43)69)46-18-19-48(66)59-51(46)68/h6-7,9-12,14-17,20-21,24-25,35,37,46,56,61H,2-5,8,13,18-19,22-23,26-34,36H2,1H3,(H,57,67)(H,58,65)(H,59,66,68)(H,60,62,63)/t37-,46?/m1/s1. The van der Waals surface area contributed by atoms with E-state index in [1.54, 1.807) is 30.6 Å². The summed E-state index contributed by atoms with van der Waals surface area (Å²) in [5, 5.41) is 23.2. The van der Waals surface area contributed by atoms with Crippen LogP contribution >= 0.6 is 0 Å². The summed E-state index contributed by atoms with van der Waals surface area (Å²) in [5.74, 6) is 0.716. The Kier molecular flexibility index (Phi) is 18.7. The number of fused-ring (bicyclic) bond motifs is 1. The maximum absolute atomic E-state index is 13.5. The van der Waals surface area contributed by atoms with Gasteiger partial charge in [0.05, 0.1) is 44.6 Å². The number of nitrogens with zero attached hydrogens (tertiary/aromatic N) is 4. The molecule has 0 aliphatic carbocycles. The number of unbranched alkanes of at least 4 members (excludes halogenated alkanes) is 3. The van der Waals surface area contributed by atoms with Crippen molar-refractivity contribution in [2.24, 2.45) is 0 Å². The second kappa shape index (κ2) is 26.1. The molecule has 3 aliphatic rings. The van der Waals surface area contributed by atoms with Crippen molar-refractivity contribution in [2.45, 2.75) is 95.3 Å². The molecular weight excluding hydrogens is 933 g/mol. The van der Waals surface area contributed by atoms with Gasteiger partial charge in [-0.2, -0.15) is 5.10 Å². The Morgan fingerprint density at radius 1 is 0.822 bits per heavy atom. The normalized spacial score (nSPS) is 16.6. The third kappa shape index (κ3) is 14.3. The van der Waals surface area contributed by atoms with Gasteiger partial charge in [0.25, 0.3) is 11.8 Å². The SMILES string of the molecule is C[C@@H](NC(=O)c1cccc(NC2(c3nc(-c4ccncc4)n[nH]3)CCNCC2)c1)c1ccc(OCCCCCCOCCOCCOCCCC(=O)Nc2cccc3c2CN(C2CCC(=O)NC2=O)C3=O)cc1. The number of aromatic nitrogens is 4. The minimum Gasteiger partial charge on any atom is -0.494 e. The van der Waals surface area contributed by atoms with E-state index in [1.165, 1.54) is 4.90 Å². The molecule has 19 nitrogen and oxygen atoms in total. The van der Waals surface area contributed by atoms with Crippen molar-refractivity contribution in [3.8, 4) is 17.1 Å². The molecule has 8 rings (SSSR count). The van der Waals surface area contributed by atoms with Gasteiger partial charge in [0, 0.05) is 78.6 Å². The highest BCUT2D eigenvalue weighted by Crippen LogP contribution is 2.35. The van der Waals surface area contributed by atoms with Gasteiger partial charge in [-0.1, -0.05) is 30.7 Å². The molecule has 2 atom stereocenters. The molecule has 2 fully saturated rings. The highest BCUT2D eigenvalue weighted by atomic mass is 16.5. The van der Waals surface area contributed by atoms with E-state index in [0.29, 0.717) is 80.9 Å². The molecule has 3 aliphatic heterocycles. The van der Waals surface area contributed by atoms with E-state index < -0.39 is 17.5 Å². The van der Waals surface area contributed by atoms with Gasteiger partial charge < -0.3 is 45.1 Å². The molecule has 0 radical (unpaired) electrons. The maximum atomic E-state index is 13.5. The number of aromatic amines is 1. The lowest BCUT2D eigenvalue weighted by Gasteiger charge is -2.37. The van der Waals surface area contributed by atoms with E-state index in [2.05, 4.69) is 41.8 Å². The van der Waals surface area contributed by atoms with Crippen molar-refractivity contribution in [1.29, 1.82) is 0 Å². The van der Waals surface area contributed by atoms with E-state index in [1.807, 2.05) is 67.6 Å². The van der Waals surface area contributed by atoms with Crippen LogP contribution in [0, 0.1) is 0 Å². The second-order valence-corrected chi connectivity index (χ2v) is 18.5. The van der Waals surface area contributed by atoms with E-state index in [9.17, 15) is 24.0 Å². The van der Waals surface area contributed by atoms with Gasteiger partial charge in [-0.3, -0.25) is 39.4 Å². The molecule has 73 heavy (non-hydrogen) atoms. The van der Waals surface area contributed by atoms with Crippen LogP contribution in [0.15, 0.2) is 91.3 Å². The molecule has 2 saturated heterocycles. The molecule has 0 bridgehead atoms. The van der Waals surface area contributed by atoms with Crippen molar-refractivity contribution in [3.05, 3.63) is 119 Å². The molecular formula is C54H66N10O9. The number of benzene rings is 3. The number of pyridine rings is 1. The minimum atomic E-state index is -0.716. The number of imide groups is 1. The highest BCUT2D eigenvalue weighted by molar-refractivity contribution is 6.06. The number of carbonyl (C=O) groups is 5. The number of anilines is 2. The summed E-state index contributed by atoms with van der Waals surface area (Å²) in [6.45, 7) is 7.30. The van der Waals surface area contributed by atoms with Crippen LogP contribution in [0.4, 0.5) is 11.4 Å². The Hall–Kier alpha value is -7.06. The first-order valence-corrected chi connectivity index (χ1v) is 25.4. The lowest BCUT2D eigenvalue weighted by molar-refractivity contribution is -0.137. The summed E-state index contributed by atoms with van der Waals surface area (Å²) in [6.07, 6.45) is 10.2. The fraction of sp³-hybridized carbons (Fsp3) is 0.444. The predicted octanol–water partition coefficient (Wildman–Crippen LogP) is 6.22. The van der Waals surface area contributed by atoms with Crippen molar-refractivity contribution < 1.29 is 42.9 Å². The number of rotatable bonds is 27. The van der Waals surface area contributed by atoms with Crippen LogP contribution in [0.5, 0.6) is 5.75 Å². The van der Waals surface area contributed by atoms with Crippen molar-refractivity contribution in [2.75, 3.05) is 70.0 Å². The van der Waals surface area contributed by atoms with Crippen LogP contribution in [0.3, 0.4) is 0 Å². The summed E-state index contributed by atoms with van der Waals surface area (Å²) in [4.78, 5) is 73.7. The molecule has 19 heteroatoms. The van der Waals surface area contributed by atoms with Crippen molar-refractivity contribution in [3.63, 3.8) is 0 Å². The zero-order valence-electron chi connectivity index (χ0n) is 41.4. The van der Waals surface area contributed by atoms with Crippen LogP contribution in [0.25, 0.3) is 11.4 Å². The molecule has 0 spiro atoms. The van der Waals surface area contributed by atoms with E-state index >= 15 is 0 Å². The zero-order chi connectivity index (χ0) is 50.8. The summed E-state index contributed by atoms with van der Waals surface area (Å²) < 4.78 is 23.0. The molecule has 0 saturated carbocycles. The summed E-state index contributed by atoms with van der Waals surface area (Å²) in [5.41, 5.74) is 4.44. The van der Waals surface area contributed by atoms with Crippen molar-refractivity contribution >= 4 is 40.9 Å². The number of piperidine rings is 2. The van der Waals surface area contributed by atoms with Crippen LogP contribution in [0.2, 0.25) is 0 Å². The summed E-state index contributed by atoms with van der Waals surface area (Å²) >= 11 is 0. The molecule has 3 aromatic carbocycles. The summed E-state index contributed by atoms with van der Waals surface area (Å²) in [7, 11) is 0. The number of hydrogen-bond donors (Lipinski definition) is 6. The maximum Gasteiger partial charge on any atom is 0.255 e. The number of H-pyrrole nitrogens is 1. The lowest BCUT2D eigenvalue weighted by atomic mass is 9.87. The van der Waals surface area contributed by atoms with E-state index in [0.717, 1.165) is 80.0 Å². The third-order valence-electron chi connectivity index (χ3n) is 13.3. The summed E-state index contributed by atoms with van der Waals surface area (Å²) in [6, 6.07) is 23.4. The van der Waals surface area contributed by atoms with Gasteiger partial charge in [-0.25, -0.2) is 4.98 Å². The molecule has 2 aromatic heterocycles. The minimum absolute atomic E-state index is 0.161. The quantitative estimate of drug-likeness (QED) is 0.0253. The average molecular weight is 999 g/mol. The smallest absolute Gasteiger partial charge is 0.255 e. The van der Waals surface area contributed by atoms with Gasteiger partial charge in [-0.15, -0.1) is 0 Å². The molecule has 5 amide bonds. The third-order valence-corrected chi connectivity index (χ3v) is 13.3. The first-order valence-electron chi connectivity index (χ1n) is 25.4. The number of amides is 5. The second-order valence-electron chi connectivity index (χ2n) is 18.5. The number of hydrogen-bond acceptors (Lipinski definition) is 14. The van der Waals surface area contributed by atoms with Crippen LogP contribution in [0.1, 0.15) is 115 Å². The van der Waals surface area contributed by atoms with Gasteiger partial charge in [0.15, 0.2) is 11.6 Å². The fourth-order valence-electron chi connectivity index (χ4n) is 9.25. The first kappa shape index (κ1) is 52.3. The predicted molar refractivity (Wildman–Crippen MR) is 273 cm³/mol. The monoisotopic (exact) mass is 999 g/mol. The van der Waals surface area contributed by atoms with Gasteiger partial charge in [0.1, 0.15) is 11.8 Å². The van der Waals surface area contributed by atoms with Crippen LogP contribution in [-0.2, 0) is 40.7 Å². The van der Waals surface area contributed by atoms with Gasteiger partial charge in [-0.05, 0) is 125 Å².